The van der Waals surface area contributed by atoms with Gasteiger partial charge in [0.05, 0.1) is 6.21 Å². The molecule has 0 saturated heterocycles. The minimum atomic E-state index is -0.557. The van der Waals surface area contributed by atoms with Crippen LogP contribution in [0, 0.1) is 0 Å². The first-order valence-electron chi connectivity index (χ1n) is 5.01. The van der Waals surface area contributed by atoms with Crippen LogP contribution in [0.5, 0.6) is 5.75 Å². The Balaban J connectivity index is 2.91. The van der Waals surface area contributed by atoms with Crippen LogP contribution in [0.25, 0.3) is 0 Å². The van der Waals surface area contributed by atoms with Gasteiger partial charge < -0.3 is 14.9 Å². The molecule has 1 aromatic carbocycles. The van der Waals surface area contributed by atoms with Crippen LogP contribution in [0.15, 0.2) is 23.4 Å². The molecule has 1 N–H and O–H groups in total. The Morgan fingerprint density at radius 1 is 1.59 bits per heavy atom. The summed E-state index contributed by atoms with van der Waals surface area (Å²) in [5, 5.41) is 6.57. The first kappa shape index (κ1) is 13.3. The maximum atomic E-state index is 11.1. The van der Waals surface area contributed by atoms with E-state index in [-0.39, 0.29) is 0 Å². The summed E-state index contributed by atoms with van der Waals surface area (Å²) in [7, 11) is 1.48. The first-order valence-corrected chi connectivity index (χ1v) is 5.39. The molecule has 0 aromatic heterocycles. The number of amides is 1. The number of hydrogen-bond acceptors (Lipinski definition) is 4. The Hall–Kier alpha value is -1.75. The quantitative estimate of drug-likeness (QED) is 0.665. The molecule has 0 bridgehead atoms. The molecule has 92 valence electrons. The van der Waals surface area contributed by atoms with Crippen molar-refractivity contribution in [1.29, 1.82) is 0 Å². The normalized spacial score (nSPS) is 10.3. The van der Waals surface area contributed by atoms with E-state index in [1.54, 1.807) is 18.2 Å². The predicted octanol–water partition coefficient (Wildman–Crippen LogP) is 2.43. The van der Waals surface area contributed by atoms with Gasteiger partial charge in [0.1, 0.15) is 12.4 Å². The molecule has 0 aliphatic rings. The number of oxime groups is 1. The van der Waals surface area contributed by atoms with E-state index in [9.17, 15) is 4.79 Å². The number of carbonyl (C=O) groups is 1. The van der Waals surface area contributed by atoms with Gasteiger partial charge in [-0.3, -0.25) is 0 Å². The second-order valence-corrected chi connectivity index (χ2v) is 3.41. The Bertz CT molecular complexity index is 421. The molecule has 5 nitrogen and oxygen atoms in total. The van der Waals surface area contributed by atoms with Gasteiger partial charge >= 0.3 is 6.09 Å². The van der Waals surface area contributed by atoms with Crippen LogP contribution in [-0.2, 0) is 4.84 Å². The third-order valence-corrected chi connectivity index (χ3v) is 2.01. The molecular formula is C11H13ClN2O3. The summed E-state index contributed by atoms with van der Waals surface area (Å²) in [6.07, 6.45) is 0.881. The van der Waals surface area contributed by atoms with Crippen molar-refractivity contribution >= 4 is 23.9 Å². The van der Waals surface area contributed by atoms with Crippen molar-refractivity contribution in [3.63, 3.8) is 0 Å². The summed E-state index contributed by atoms with van der Waals surface area (Å²) in [6.45, 7) is 2.28. The molecule has 1 aromatic rings. The molecule has 0 unspecified atom stereocenters. The molecule has 1 rings (SSSR count). The van der Waals surface area contributed by atoms with Crippen molar-refractivity contribution in [2.75, 3.05) is 13.7 Å². The molecule has 0 fully saturated rings. The topological polar surface area (TPSA) is 59.9 Å². The lowest BCUT2D eigenvalue weighted by atomic mass is 10.2. The summed E-state index contributed by atoms with van der Waals surface area (Å²) in [5.41, 5.74) is 0.564. The highest BCUT2D eigenvalue weighted by molar-refractivity contribution is 6.30. The van der Waals surface area contributed by atoms with Crippen molar-refractivity contribution in [3.8, 4) is 5.75 Å². The zero-order valence-corrected chi connectivity index (χ0v) is 10.3. The van der Waals surface area contributed by atoms with E-state index in [4.69, 9.17) is 21.2 Å². The van der Waals surface area contributed by atoms with E-state index < -0.39 is 6.09 Å². The SMILES string of the molecule is CCO/N=C/c1cc(Cl)ccc1OC(=O)NC. The molecule has 6 heteroatoms. The van der Waals surface area contributed by atoms with Gasteiger partial charge in [0.25, 0.3) is 0 Å². The van der Waals surface area contributed by atoms with Gasteiger partial charge in [-0.2, -0.15) is 0 Å². The monoisotopic (exact) mass is 256 g/mol. The Morgan fingerprint density at radius 3 is 3.00 bits per heavy atom. The van der Waals surface area contributed by atoms with Crippen LogP contribution < -0.4 is 10.1 Å². The van der Waals surface area contributed by atoms with Gasteiger partial charge in [-0.05, 0) is 25.1 Å². The Kier molecular flexibility index (Phi) is 5.29. The minimum absolute atomic E-state index is 0.359. The first-order chi connectivity index (χ1) is 8.17. The minimum Gasteiger partial charge on any atom is -0.410 e. The Labute approximate surface area is 104 Å². The number of halogens is 1. The van der Waals surface area contributed by atoms with Gasteiger partial charge in [0.2, 0.25) is 0 Å². The van der Waals surface area contributed by atoms with E-state index in [1.807, 2.05) is 6.92 Å². The number of hydrogen-bond donors (Lipinski definition) is 1. The van der Waals surface area contributed by atoms with Crippen LogP contribution >= 0.6 is 11.6 Å². The summed E-state index contributed by atoms with van der Waals surface area (Å²) >= 11 is 5.84. The summed E-state index contributed by atoms with van der Waals surface area (Å²) in [5.74, 6) is 0.359. The summed E-state index contributed by atoms with van der Waals surface area (Å²) in [6, 6.07) is 4.84. The molecule has 1 amide bonds. The maximum absolute atomic E-state index is 11.1. The standard InChI is InChI=1S/C11H13ClN2O3/c1-3-16-14-7-8-6-9(12)4-5-10(8)17-11(15)13-2/h4-7H,3H2,1-2H3,(H,13,15)/b14-7+. The van der Waals surface area contributed by atoms with Gasteiger partial charge in [-0.15, -0.1) is 0 Å². The van der Waals surface area contributed by atoms with Crippen molar-refractivity contribution in [2.45, 2.75) is 6.92 Å². The number of carbonyl (C=O) groups excluding carboxylic acids is 1. The van der Waals surface area contributed by atoms with Gasteiger partial charge in [0, 0.05) is 17.6 Å². The fourth-order valence-corrected chi connectivity index (χ4v) is 1.21. The fourth-order valence-electron chi connectivity index (χ4n) is 1.03. The van der Waals surface area contributed by atoms with Crippen molar-refractivity contribution in [3.05, 3.63) is 28.8 Å². The highest BCUT2D eigenvalue weighted by Crippen LogP contribution is 2.21. The second-order valence-electron chi connectivity index (χ2n) is 2.97. The lowest BCUT2D eigenvalue weighted by Crippen LogP contribution is -2.22. The van der Waals surface area contributed by atoms with E-state index in [0.717, 1.165) is 0 Å². The van der Waals surface area contributed by atoms with E-state index in [1.165, 1.54) is 13.3 Å². The predicted molar refractivity (Wildman–Crippen MR) is 65.8 cm³/mol. The van der Waals surface area contributed by atoms with Gasteiger partial charge in [-0.25, -0.2) is 4.79 Å². The zero-order chi connectivity index (χ0) is 12.7. The number of nitrogens with one attached hydrogen (secondary N) is 1. The molecule has 17 heavy (non-hydrogen) atoms. The third-order valence-electron chi connectivity index (χ3n) is 1.77. The number of rotatable bonds is 4. The number of ether oxygens (including phenoxy) is 1. The van der Waals surface area contributed by atoms with E-state index in [0.29, 0.717) is 22.9 Å². The van der Waals surface area contributed by atoms with Crippen LogP contribution in [0.3, 0.4) is 0 Å². The summed E-state index contributed by atoms with van der Waals surface area (Å²) in [4.78, 5) is 15.9. The van der Waals surface area contributed by atoms with Crippen LogP contribution in [0.2, 0.25) is 5.02 Å². The number of benzene rings is 1. The molecule has 0 radical (unpaired) electrons. The smallest absolute Gasteiger partial charge is 0.410 e. The van der Waals surface area contributed by atoms with E-state index >= 15 is 0 Å². The van der Waals surface area contributed by atoms with Crippen molar-refractivity contribution in [2.24, 2.45) is 5.16 Å². The fraction of sp³-hybridized carbons (Fsp3) is 0.273. The van der Waals surface area contributed by atoms with Crippen LogP contribution in [0.4, 0.5) is 4.79 Å². The average molecular weight is 257 g/mol. The number of nitrogens with zero attached hydrogens (tertiary/aromatic N) is 1. The molecule has 0 atom stereocenters. The maximum Gasteiger partial charge on any atom is 0.412 e. The molecular weight excluding hydrogens is 244 g/mol. The Morgan fingerprint density at radius 2 is 2.35 bits per heavy atom. The highest BCUT2D eigenvalue weighted by Gasteiger charge is 2.07. The van der Waals surface area contributed by atoms with Crippen molar-refractivity contribution < 1.29 is 14.4 Å². The molecule has 0 heterocycles. The molecule has 0 spiro atoms. The molecule has 0 aliphatic carbocycles. The lowest BCUT2D eigenvalue weighted by molar-refractivity contribution is 0.160. The van der Waals surface area contributed by atoms with Gasteiger partial charge in [-0.1, -0.05) is 16.8 Å². The average Bonchev–Trinajstić information content (AvgIpc) is 2.32. The van der Waals surface area contributed by atoms with Crippen LogP contribution in [-0.4, -0.2) is 26.0 Å². The lowest BCUT2D eigenvalue weighted by Gasteiger charge is -2.06. The highest BCUT2D eigenvalue weighted by atomic mass is 35.5. The summed E-state index contributed by atoms with van der Waals surface area (Å²) < 4.78 is 5.02. The van der Waals surface area contributed by atoms with Gasteiger partial charge in [0.15, 0.2) is 0 Å². The molecule has 0 saturated carbocycles. The van der Waals surface area contributed by atoms with Crippen molar-refractivity contribution in [1.82, 2.24) is 5.32 Å². The third kappa shape index (κ3) is 4.32. The largest absolute Gasteiger partial charge is 0.412 e. The van der Waals surface area contributed by atoms with Crippen LogP contribution in [0.1, 0.15) is 12.5 Å². The molecule has 0 aliphatic heterocycles. The zero-order valence-electron chi connectivity index (χ0n) is 9.57. The second kappa shape index (κ2) is 6.75. The van der Waals surface area contributed by atoms with E-state index in [2.05, 4.69) is 10.5 Å².